The van der Waals surface area contributed by atoms with Crippen LogP contribution in [0.2, 0.25) is 0 Å². The molecule has 378 valence electrons. The molecule has 0 bridgehead atoms. The fraction of sp³-hybridized carbons (Fsp3) is 0.333. The first-order valence-corrected chi connectivity index (χ1v) is 26.5. The van der Waals surface area contributed by atoms with Crippen LogP contribution in [0.5, 0.6) is 0 Å². The molecule has 0 heterocycles. The van der Waals surface area contributed by atoms with E-state index in [0.29, 0.717) is 0 Å². The summed E-state index contributed by atoms with van der Waals surface area (Å²) in [6.07, 6.45) is 24.8. The summed E-state index contributed by atoms with van der Waals surface area (Å²) in [6, 6.07) is 41.3. The molecule has 0 saturated heterocycles. The van der Waals surface area contributed by atoms with E-state index < -0.39 is 0 Å². The third-order valence-electron chi connectivity index (χ3n) is 15.2. The summed E-state index contributed by atoms with van der Waals surface area (Å²) in [5.74, 6) is 0. The van der Waals surface area contributed by atoms with Gasteiger partial charge in [-0.1, -0.05) is 205 Å². The zero-order valence-corrected chi connectivity index (χ0v) is 47.5. The van der Waals surface area contributed by atoms with Crippen molar-refractivity contribution in [1.29, 1.82) is 0 Å². The van der Waals surface area contributed by atoms with Crippen molar-refractivity contribution in [3.8, 4) is 0 Å². The summed E-state index contributed by atoms with van der Waals surface area (Å²) in [4.78, 5) is 0. The van der Waals surface area contributed by atoms with Crippen molar-refractivity contribution in [3.63, 3.8) is 0 Å². The monoisotopic (exact) mass is 955 g/mol. The van der Waals surface area contributed by atoms with Crippen LogP contribution >= 0.6 is 0 Å². The van der Waals surface area contributed by atoms with Gasteiger partial charge < -0.3 is 0 Å². The summed E-state index contributed by atoms with van der Waals surface area (Å²) in [6.45, 7) is 44.9. The van der Waals surface area contributed by atoms with Crippen LogP contribution in [0.4, 0.5) is 0 Å². The van der Waals surface area contributed by atoms with Crippen LogP contribution < -0.4 is 0 Å². The van der Waals surface area contributed by atoms with Gasteiger partial charge in [-0.15, -0.1) is 19.7 Å². The normalized spacial score (nSPS) is 11.9. The molecule has 0 fully saturated rings. The Kier molecular flexibility index (Phi) is 21.9. The second-order valence-electron chi connectivity index (χ2n) is 21.5. The Labute approximate surface area is 440 Å². The first kappa shape index (κ1) is 58.3. The van der Waals surface area contributed by atoms with Gasteiger partial charge in [-0.3, -0.25) is 0 Å². The van der Waals surface area contributed by atoms with E-state index in [2.05, 4.69) is 269 Å². The summed E-state index contributed by atoms with van der Waals surface area (Å²) in [5, 5.41) is 0. The molecular formula is C72H90. The fourth-order valence-electron chi connectivity index (χ4n) is 9.38. The maximum atomic E-state index is 3.89. The molecule has 0 radical (unpaired) electrons. The van der Waals surface area contributed by atoms with E-state index in [1.165, 1.54) is 100 Å². The molecule has 0 heteroatoms. The molecule has 0 aliphatic rings. The molecule has 0 unspecified atom stereocenters. The van der Waals surface area contributed by atoms with E-state index in [-0.39, 0.29) is 16.2 Å². The zero-order chi connectivity index (χ0) is 53.2. The highest BCUT2D eigenvalue weighted by Crippen LogP contribution is 2.37. The van der Waals surface area contributed by atoms with Crippen molar-refractivity contribution in [1.82, 2.24) is 0 Å². The number of hydrogen-bond donors (Lipinski definition) is 0. The number of hydrogen-bond acceptors (Lipinski definition) is 0. The molecule has 0 saturated carbocycles. The number of aryl methyl sites for hydroxylation is 6. The highest BCUT2D eigenvalue weighted by molar-refractivity contribution is 5.48. The molecule has 0 nitrogen and oxygen atoms in total. The molecule has 0 spiro atoms. The Morgan fingerprint density at radius 3 is 0.611 bits per heavy atom. The Morgan fingerprint density at radius 1 is 0.292 bits per heavy atom. The van der Waals surface area contributed by atoms with Gasteiger partial charge in [-0.25, -0.2) is 0 Å². The SMILES string of the molecule is C/C=C/Cc1cc(C(C)(C)c2ccc(C)c(C/C=C/C)c2)ccc1C.C=CCc1cc(C(C)(C)c2ccc(C)c(C/C=C/C)c2)ccc1C.C=CCc1cc(C(C)(C)c2ccc(C)c(CC=C)c2)ccc1C. The first-order chi connectivity index (χ1) is 34.2. The maximum Gasteiger partial charge on any atom is 0.0146 e. The number of benzene rings is 6. The Morgan fingerprint density at radius 2 is 0.458 bits per heavy atom. The van der Waals surface area contributed by atoms with Crippen LogP contribution in [0.15, 0.2) is 184 Å². The second kappa shape index (κ2) is 27.0. The van der Waals surface area contributed by atoms with Gasteiger partial charge in [0.15, 0.2) is 0 Å². The fourth-order valence-corrected chi connectivity index (χ4v) is 9.38. The molecule has 6 rings (SSSR count). The van der Waals surface area contributed by atoms with Crippen LogP contribution in [0.25, 0.3) is 0 Å². The lowest BCUT2D eigenvalue weighted by Crippen LogP contribution is -2.20. The van der Waals surface area contributed by atoms with Crippen LogP contribution in [-0.2, 0) is 54.8 Å². The molecule has 72 heavy (non-hydrogen) atoms. The first-order valence-electron chi connectivity index (χ1n) is 26.5. The number of allylic oxidation sites excluding steroid dienone is 9. The van der Waals surface area contributed by atoms with Crippen molar-refractivity contribution >= 4 is 0 Å². The summed E-state index contributed by atoms with van der Waals surface area (Å²) in [7, 11) is 0. The lowest BCUT2D eigenvalue weighted by molar-refractivity contribution is 0.638. The van der Waals surface area contributed by atoms with Gasteiger partial charge in [0.25, 0.3) is 0 Å². The Balaban J connectivity index is 0.000000235. The van der Waals surface area contributed by atoms with E-state index in [9.17, 15) is 0 Å². The van der Waals surface area contributed by atoms with Crippen LogP contribution in [-0.4, -0.2) is 0 Å². The molecule has 0 aliphatic heterocycles. The van der Waals surface area contributed by atoms with Crippen molar-refractivity contribution in [3.05, 3.63) is 284 Å². The highest BCUT2D eigenvalue weighted by atomic mass is 14.3. The van der Waals surface area contributed by atoms with E-state index >= 15 is 0 Å². The van der Waals surface area contributed by atoms with Gasteiger partial charge in [0.05, 0.1) is 0 Å². The largest absolute Gasteiger partial charge is 0.103 e. The van der Waals surface area contributed by atoms with Gasteiger partial charge in [-0.2, -0.15) is 0 Å². The molecule has 6 aromatic carbocycles. The van der Waals surface area contributed by atoms with Crippen LogP contribution in [0.1, 0.15) is 162 Å². The standard InChI is InChI=1S/C25H32.C24H30.C23H28/c1-7-9-11-21-17-23(15-13-19(21)3)25(5,6)24-16-14-20(4)22(18-24)12-10-8-2;1-7-9-11-21-17-23(15-13-19(21)4)24(5,6)22-14-12-18(3)20(16-22)10-8-2;1-7-9-19-15-21(13-11-17(19)3)23(5,6)22-14-12-18(4)20(16-22)10-8-2/h7-10,13-18H,11-12H2,1-6H3;7-9,12-17H,2,10-11H2,1,3-6H3;7-8,11-16H,1-2,9-10H2,3-6H3/b9-7+,10-8+;9-7+;. The summed E-state index contributed by atoms with van der Waals surface area (Å²) in [5.41, 5.74) is 24.7. The predicted octanol–water partition coefficient (Wildman–Crippen LogP) is 19.4. The van der Waals surface area contributed by atoms with E-state index in [0.717, 1.165) is 38.5 Å². The lowest BCUT2D eigenvalue weighted by atomic mass is 9.76. The third-order valence-corrected chi connectivity index (χ3v) is 15.2. The molecule has 0 aromatic heterocycles. The van der Waals surface area contributed by atoms with Crippen molar-refractivity contribution < 1.29 is 0 Å². The molecule has 0 amide bonds. The second-order valence-corrected chi connectivity index (χ2v) is 21.5. The van der Waals surface area contributed by atoms with Gasteiger partial charge in [-0.05, 0) is 201 Å². The predicted molar refractivity (Wildman–Crippen MR) is 321 cm³/mol. The van der Waals surface area contributed by atoms with Crippen LogP contribution in [0.3, 0.4) is 0 Å². The minimum Gasteiger partial charge on any atom is -0.103 e. The lowest BCUT2D eigenvalue weighted by Gasteiger charge is -2.28. The van der Waals surface area contributed by atoms with Gasteiger partial charge in [0, 0.05) is 16.2 Å². The molecule has 0 atom stereocenters. The average Bonchev–Trinajstić information content (AvgIpc) is 3.35. The average molecular weight is 956 g/mol. The molecule has 0 N–H and O–H groups in total. The van der Waals surface area contributed by atoms with Gasteiger partial charge in [0.1, 0.15) is 0 Å². The highest BCUT2D eigenvalue weighted by Gasteiger charge is 2.27. The van der Waals surface area contributed by atoms with E-state index in [1.54, 1.807) is 0 Å². The van der Waals surface area contributed by atoms with Crippen molar-refractivity contribution in [2.75, 3.05) is 0 Å². The third kappa shape index (κ3) is 15.1. The van der Waals surface area contributed by atoms with Gasteiger partial charge in [0.2, 0.25) is 0 Å². The van der Waals surface area contributed by atoms with E-state index in [4.69, 9.17) is 0 Å². The number of rotatable bonds is 18. The zero-order valence-electron chi connectivity index (χ0n) is 47.5. The molecule has 6 aromatic rings. The maximum absolute atomic E-state index is 3.89. The smallest absolute Gasteiger partial charge is 0.0146 e. The van der Waals surface area contributed by atoms with E-state index in [1.807, 2.05) is 18.2 Å². The topological polar surface area (TPSA) is 0 Å². The molecule has 0 aliphatic carbocycles. The quantitative estimate of drug-likeness (QED) is 0.0753. The summed E-state index contributed by atoms with van der Waals surface area (Å²) < 4.78 is 0. The van der Waals surface area contributed by atoms with Crippen LogP contribution in [0, 0.1) is 41.5 Å². The molecular weight excluding hydrogens is 865 g/mol. The van der Waals surface area contributed by atoms with Crippen molar-refractivity contribution in [2.24, 2.45) is 0 Å². The summed E-state index contributed by atoms with van der Waals surface area (Å²) >= 11 is 0. The van der Waals surface area contributed by atoms with Crippen molar-refractivity contribution in [2.45, 2.75) is 159 Å². The minimum atomic E-state index is -0.0206. The minimum absolute atomic E-state index is 0.00322. The van der Waals surface area contributed by atoms with Gasteiger partial charge >= 0.3 is 0 Å². The Bertz CT molecular complexity index is 2730. The Hall–Kier alpha value is -6.24.